The average molecular weight is 835 g/mol. The first-order valence-corrected chi connectivity index (χ1v) is 17.3. The normalized spacial score (nSPS) is 10.7. The second-order valence-electron chi connectivity index (χ2n) is 12.4. The minimum atomic E-state index is -1.22. The molecule has 0 spiro atoms. The molecular weight excluding hydrogens is 804 g/mol. The Kier molecular flexibility index (Phi) is 13.9. The highest BCUT2D eigenvalue weighted by molar-refractivity contribution is 5.92. The van der Waals surface area contributed by atoms with Crippen molar-refractivity contribution in [2.24, 2.45) is 0 Å². The second-order valence-corrected chi connectivity index (χ2v) is 12.4. The smallest absolute Gasteiger partial charge is 0.338 e. The summed E-state index contributed by atoms with van der Waals surface area (Å²) in [7, 11) is 0. The Bertz CT molecular complexity index is 2110. The fraction of sp³-hybridized carbons (Fsp3) is 0.250. The molecule has 60 heavy (non-hydrogen) atoms. The average Bonchev–Trinajstić information content (AvgIpc) is 3.22. The molecule has 0 aliphatic carbocycles. The summed E-state index contributed by atoms with van der Waals surface area (Å²) in [4.78, 5) is 103. The molecule has 0 aliphatic rings. The molecule has 0 amide bonds. The molecule has 312 valence electrons. The van der Waals surface area contributed by atoms with Gasteiger partial charge in [0.15, 0.2) is 0 Å². The Morgan fingerprint density at radius 3 is 0.700 bits per heavy atom. The van der Waals surface area contributed by atoms with Gasteiger partial charge in [0.2, 0.25) is 0 Å². The standard InChI is InChI=1S/C36H30N6O18/c1-4-28-31(16-58-34(43)19-7-22(37(46)47)13-23(8-19)38(48)49)29(5-2)33(18-60-36(45)21-11-26(41(54)55)15-27(12-21)42(56)57)30(6-3)32(28)17-59-35(44)20-9-24(39(50)51)14-25(10-20)40(52)53/h7-15H,4-6,16-18H2,1-3H3. The topological polar surface area (TPSA) is 338 Å². The molecular formula is C36H30N6O18. The fourth-order valence-corrected chi connectivity index (χ4v) is 6.33. The van der Waals surface area contributed by atoms with E-state index in [1.165, 1.54) is 0 Å². The summed E-state index contributed by atoms with van der Waals surface area (Å²) in [6.07, 6.45) is 0.422. The van der Waals surface area contributed by atoms with E-state index in [1.54, 1.807) is 20.8 Å². The van der Waals surface area contributed by atoms with Gasteiger partial charge in [-0.15, -0.1) is 0 Å². The molecule has 0 radical (unpaired) electrons. The number of esters is 3. The van der Waals surface area contributed by atoms with E-state index in [0.29, 0.717) is 34.9 Å². The van der Waals surface area contributed by atoms with Crippen molar-refractivity contribution in [2.45, 2.75) is 59.9 Å². The van der Waals surface area contributed by atoms with Crippen LogP contribution in [0.4, 0.5) is 34.1 Å². The van der Waals surface area contributed by atoms with Gasteiger partial charge in [-0.05, 0) is 52.6 Å². The lowest BCUT2D eigenvalue weighted by Crippen LogP contribution is -2.18. The number of hydrogen-bond acceptors (Lipinski definition) is 18. The number of nitro benzene ring substituents is 6. The number of carbonyl (C=O) groups excluding carboxylic acids is 3. The van der Waals surface area contributed by atoms with E-state index < -0.39 is 118 Å². The van der Waals surface area contributed by atoms with Gasteiger partial charge in [0.1, 0.15) is 19.8 Å². The quantitative estimate of drug-likeness (QED) is 0.0426. The molecule has 0 heterocycles. The van der Waals surface area contributed by atoms with Crippen LogP contribution in [0.5, 0.6) is 0 Å². The number of benzene rings is 4. The summed E-state index contributed by atoms with van der Waals surface area (Å²) in [5.41, 5.74) is -4.31. The Morgan fingerprint density at radius 2 is 0.550 bits per heavy atom. The van der Waals surface area contributed by atoms with Gasteiger partial charge < -0.3 is 14.2 Å². The first-order valence-electron chi connectivity index (χ1n) is 17.3. The van der Waals surface area contributed by atoms with Crippen molar-refractivity contribution < 1.29 is 58.1 Å². The van der Waals surface area contributed by atoms with Gasteiger partial charge >= 0.3 is 17.9 Å². The van der Waals surface area contributed by atoms with Gasteiger partial charge in [0, 0.05) is 36.4 Å². The Morgan fingerprint density at radius 1 is 0.367 bits per heavy atom. The predicted molar refractivity (Wildman–Crippen MR) is 201 cm³/mol. The zero-order chi connectivity index (χ0) is 44.6. The van der Waals surface area contributed by atoms with Crippen molar-refractivity contribution >= 4 is 52.0 Å². The molecule has 24 nitrogen and oxygen atoms in total. The van der Waals surface area contributed by atoms with Gasteiger partial charge in [-0.3, -0.25) is 60.7 Å². The third-order valence-electron chi connectivity index (χ3n) is 8.97. The van der Waals surface area contributed by atoms with Crippen LogP contribution in [0.15, 0.2) is 54.6 Å². The van der Waals surface area contributed by atoms with Crippen LogP contribution in [0, 0.1) is 60.7 Å². The van der Waals surface area contributed by atoms with Crippen molar-refractivity contribution in [2.75, 3.05) is 0 Å². The molecule has 0 atom stereocenters. The largest absolute Gasteiger partial charge is 0.457 e. The lowest BCUT2D eigenvalue weighted by molar-refractivity contribution is -0.394. The van der Waals surface area contributed by atoms with Crippen LogP contribution in [0.1, 0.15) is 85.2 Å². The molecule has 0 aliphatic heterocycles. The molecule has 4 aromatic carbocycles. The number of non-ortho nitro benzene ring substituents is 6. The first kappa shape index (κ1) is 44.4. The summed E-state index contributed by atoms with van der Waals surface area (Å²) >= 11 is 0. The van der Waals surface area contributed by atoms with E-state index in [2.05, 4.69) is 0 Å². The number of nitrogens with zero attached hydrogens (tertiary/aromatic N) is 6. The first-order chi connectivity index (χ1) is 28.3. The summed E-state index contributed by atoms with van der Waals surface area (Å²) < 4.78 is 16.6. The third-order valence-corrected chi connectivity index (χ3v) is 8.97. The maximum atomic E-state index is 13.3. The van der Waals surface area contributed by atoms with Crippen molar-refractivity contribution in [3.8, 4) is 0 Å². The van der Waals surface area contributed by atoms with Gasteiger partial charge in [-0.1, -0.05) is 20.8 Å². The lowest BCUT2D eigenvalue weighted by Gasteiger charge is -2.26. The monoisotopic (exact) mass is 834 g/mol. The molecule has 0 bridgehead atoms. The predicted octanol–water partition coefficient (Wildman–Crippen LogP) is 6.89. The zero-order valence-corrected chi connectivity index (χ0v) is 31.5. The maximum absolute atomic E-state index is 13.3. The van der Waals surface area contributed by atoms with Crippen LogP contribution >= 0.6 is 0 Å². The van der Waals surface area contributed by atoms with E-state index in [0.717, 1.165) is 36.4 Å². The van der Waals surface area contributed by atoms with Crippen LogP contribution in [0.25, 0.3) is 0 Å². The van der Waals surface area contributed by atoms with Crippen molar-refractivity contribution in [1.82, 2.24) is 0 Å². The minimum Gasteiger partial charge on any atom is -0.457 e. The van der Waals surface area contributed by atoms with Gasteiger partial charge in [0.05, 0.1) is 64.4 Å². The lowest BCUT2D eigenvalue weighted by atomic mass is 9.84. The van der Waals surface area contributed by atoms with E-state index in [-0.39, 0.29) is 36.0 Å². The van der Waals surface area contributed by atoms with Crippen LogP contribution in [-0.4, -0.2) is 47.4 Å². The van der Waals surface area contributed by atoms with Crippen molar-refractivity contribution in [3.05, 3.63) is 165 Å². The Hall–Kier alpha value is -8.31. The van der Waals surface area contributed by atoms with Crippen LogP contribution in [-0.2, 0) is 53.3 Å². The summed E-state index contributed by atoms with van der Waals surface area (Å²) in [6.45, 7) is 3.19. The summed E-state index contributed by atoms with van der Waals surface area (Å²) in [5, 5.41) is 68.7. The van der Waals surface area contributed by atoms with Crippen LogP contribution in [0.2, 0.25) is 0 Å². The van der Waals surface area contributed by atoms with E-state index in [4.69, 9.17) is 14.2 Å². The van der Waals surface area contributed by atoms with Crippen molar-refractivity contribution in [1.29, 1.82) is 0 Å². The third kappa shape index (κ3) is 9.97. The molecule has 0 saturated carbocycles. The molecule has 0 fully saturated rings. The number of hydrogen-bond donors (Lipinski definition) is 0. The Labute approximate surface area is 335 Å². The second kappa shape index (κ2) is 18.8. The Balaban J connectivity index is 1.85. The van der Waals surface area contributed by atoms with Crippen LogP contribution < -0.4 is 0 Å². The minimum absolute atomic E-state index is 0.141. The van der Waals surface area contributed by atoms with Gasteiger partial charge in [-0.25, -0.2) is 14.4 Å². The number of nitro groups is 6. The highest BCUT2D eigenvalue weighted by atomic mass is 16.6. The number of ether oxygens (including phenoxy) is 3. The molecule has 4 aromatic rings. The number of rotatable bonds is 18. The van der Waals surface area contributed by atoms with E-state index >= 15 is 0 Å². The molecule has 0 saturated heterocycles. The van der Waals surface area contributed by atoms with E-state index in [9.17, 15) is 75.1 Å². The highest BCUT2D eigenvalue weighted by Gasteiger charge is 2.28. The number of carbonyl (C=O) groups is 3. The fourth-order valence-electron chi connectivity index (χ4n) is 6.33. The highest BCUT2D eigenvalue weighted by Crippen LogP contribution is 2.34. The molecule has 0 unspecified atom stereocenters. The SMILES string of the molecule is CCc1c(COC(=O)c2cc([N+](=O)[O-])cc([N+](=O)[O-])c2)c(CC)c(COC(=O)c2cc([N+](=O)[O-])cc([N+](=O)[O-])c2)c(CC)c1COC(=O)c1cc([N+](=O)[O-])cc([N+](=O)[O-])c1. The summed E-state index contributed by atoms with van der Waals surface area (Å²) in [5.74, 6) is -3.65. The molecule has 24 heteroatoms. The molecule has 0 N–H and O–H groups in total. The van der Waals surface area contributed by atoms with Gasteiger partial charge in [0.25, 0.3) is 34.1 Å². The molecule has 4 rings (SSSR count). The van der Waals surface area contributed by atoms with Crippen molar-refractivity contribution in [3.63, 3.8) is 0 Å². The van der Waals surface area contributed by atoms with Crippen LogP contribution in [0.3, 0.4) is 0 Å². The maximum Gasteiger partial charge on any atom is 0.338 e. The summed E-state index contributed by atoms with van der Waals surface area (Å²) in [6, 6.07) is 6.53. The van der Waals surface area contributed by atoms with E-state index in [1.807, 2.05) is 0 Å². The zero-order valence-electron chi connectivity index (χ0n) is 31.5. The van der Waals surface area contributed by atoms with Gasteiger partial charge in [-0.2, -0.15) is 0 Å². The molecule has 0 aromatic heterocycles.